The number of amides is 2. The Morgan fingerprint density at radius 2 is 1.85 bits per heavy atom. The van der Waals surface area contributed by atoms with Gasteiger partial charge in [-0.15, -0.1) is 0 Å². The summed E-state index contributed by atoms with van der Waals surface area (Å²) in [5, 5.41) is 20.1. The fourth-order valence-corrected chi connectivity index (χ4v) is 1.69. The summed E-state index contributed by atoms with van der Waals surface area (Å²) in [5.74, 6) is -1.26. The normalized spacial score (nSPS) is 12.0. The molecule has 1 rings (SSSR count). The van der Waals surface area contributed by atoms with E-state index in [9.17, 15) is 9.59 Å². The highest BCUT2D eigenvalue weighted by atomic mass is 16.4. The van der Waals surface area contributed by atoms with Crippen molar-refractivity contribution in [2.75, 3.05) is 6.61 Å². The van der Waals surface area contributed by atoms with Crippen LogP contribution in [0.3, 0.4) is 0 Å². The second-order valence-electron chi connectivity index (χ2n) is 4.73. The molecule has 0 saturated carbocycles. The van der Waals surface area contributed by atoms with Crippen LogP contribution in [-0.4, -0.2) is 45.8 Å². The average molecular weight is 280 g/mol. The van der Waals surface area contributed by atoms with E-state index in [1.807, 2.05) is 44.2 Å². The van der Waals surface area contributed by atoms with Crippen LogP contribution in [0.25, 0.3) is 0 Å². The largest absolute Gasteiger partial charge is 0.480 e. The summed E-state index contributed by atoms with van der Waals surface area (Å²) in [7, 11) is 0. The van der Waals surface area contributed by atoms with Crippen LogP contribution >= 0.6 is 0 Å². The Hall–Kier alpha value is -2.08. The van der Waals surface area contributed by atoms with Gasteiger partial charge in [-0.2, -0.15) is 0 Å². The zero-order valence-corrected chi connectivity index (χ0v) is 11.6. The van der Waals surface area contributed by atoms with E-state index in [0.717, 1.165) is 5.56 Å². The van der Waals surface area contributed by atoms with Crippen LogP contribution < -0.4 is 5.32 Å². The fraction of sp³-hybridized carbons (Fsp3) is 0.429. The maximum atomic E-state index is 12.1. The van der Waals surface area contributed by atoms with E-state index in [1.54, 1.807) is 0 Å². The lowest BCUT2D eigenvalue weighted by Crippen LogP contribution is -2.51. The molecule has 0 unspecified atom stereocenters. The molecule has 0 bridgehead atoms. The molecule has 110 valence electrons. The van der Waals surface area contributed by atoms with E-state index in [2.05, 4.69) is 5.32 Å². The average Bonchev–Trinajstić information content (AvgIpc) is 2.42. The van der Waals surface area contributed by atoms with Gasteiger partial charge in [-0.3, -0.25) is 0 Å². The lowest BCUT2D eigenvalue weighted by molar-refractivity contribution is -0.140. The van der Waals surface area contributed by atoms with Crippen molar-refractivity contribution < 1.29 is 19.8 Å². The van der Waals surface area contributed by atoms with Crippen LogP contribution in [0.4, 0.5) is 4.79 Å². The van der Waals surface area contributed by atoms with Gasteiger partial charge in [0.25, 0.3) is 0 Å². The first kappa shape index (κ1) is 16.0. The second kappa shape index (κ2) is 7.49. The maximum Gasteiger partial charge on any atom is 0.328 e. The fourth-order valence-electron chi connectivity index (χ4n) is 1.69. The number of carboxylic acids is 1. The molecule has 6 heteroatoms. The predicted molar refractivity (Wildman–Crippen MR) is 74.2 cm³/mol. The number of nitrogens with zero attached hydrogens (tertiary/aromatic N) is 1. The van der Waals surface area contributed by atoms with Gasteiger partial charge in [0.15, 0.2) is 6.04 Å². The number of benzene rings is 1. The van der Waals surface area contributed by atoms with Crippen LogP contribution in [0.15, 0.2) is 30.3 Å². The summed E-state index contributed by atoms with van der Waals surface area (Å²) in [6.45, 7) is 3.43. The van der Waals surface area contributed by atoms with Crippen LogP contribution in [0.1, 0.15) is 19.4 Å². The van der Waals surface area contributed by atoms with Crippen molar-refractivity contribution in [3.05, 3.63) is 35.9 Å². The van der Waals surface area contributed by atoms with Crippen LogP contribution in [0, 0.1) is 0 Å². The molecule has 0 saturated heterocycles. The maximum absolute atomic E-state index is 12.1. The highest BCUT2D eigenvalue weighted by Crippen LogP contribution is 2.08. The summed E-state index contributed by atoms with van der Waals surface area (Å²) in [6, 6.07) is 7.52. The first-order valence-electron chi connectivity index (χ1n) is 6.40. The SMILES string of the molecule is CC(C)N(Cc1ccccc1)C(=O)N[C@@H](CO)C(=O)O. The molecule has 3 N–H and O–H groups in total. The lowest BCUT2D eigenvalue weighted by atomic mass is 10.2. The van der Waals surface area contributed by atoms with E-state index < -0.39 is 24.6 Å². The van der Waals surface area contributed by atoms with Gasteiger partial charge >= 0.3 is 12.0 Å². The predicted octanol–water partition coefficient (Wildman–Crippen LogP) is 1.05. The summed E-state index contributed by atoms with van der Waals surface area (Å²) in [4.78, 5) is 24.4. The number of rotatable bonds is 6. The summed E-state index contributed by atoms with van der Waals surface area (Å²) in [6.07, 6.45) is 0. The smallest absolute Gasteiger partial charge is 0.328 e. The van der Waals surface area contributed by atoms with Gasteiger partial charge in [0.05, 0.1) is 6.61 Å². The molecule has 2 amide bonds. The highest BCUT2D eigenvalue weighted by molar-refractivity contribution is 5.82. The van der Waals surface area contributed by atoms with Crippen LogP contribution in [-0.2, 0) is 11.3 Å². The number of hydrogen-bond acceptors (Lipinski definition) is 3. The Kier molecular flexibility index (Phi) is 5.99. The van der Waals surface area contributed by atoms with Crippen molar-refractivity contribution in [3.63, 3.8) is 0 Å². The molecule has 0 aliphatic carbocycles. The van der Waals surface area contributed by atoms with E-state index in [4.69, 9.17) is 10.2 Å². The number of carbonyl (C=O) groups excluding carboxylic acids is 1. The number of aliphatic carboxylic acids is 1. The summed E-state index contributed by atoms with van der Waals surface area (Å²) < 4.78 is 0. The molecular formula is C14H20N2O4. The van der Waals surface area contributed by atoms with Crippen molar-refractivity contribution in [1.82, 2.24) is 10.2 Å². The Labute approximate surface area is 118 Å². The van der Waals surface area contributed by atoms with E-state index in [1.165, 1.54) is 4.90 Å². The zero-order chi connectivity index (χ0) is 15.1. The minimum absolute atomic E-state index is 0.0941. The van der Waals surface area contributed by atoms with E-state index in [-0.39, 0.29) is 6.04 Å². The number of nitrogens with one attached hydrogen (secondary N) is 1. The molecule has 0 spiro atoms. The summed E-state index contributed by atoms with van der Waals surface area (Å²) >= 11 is 0. The molecule has 1 atom stereocenters. The summed E-state index contributed by atoms with van der Waals surface area (Å²) in [5.41, 5.74) is 0.951. The van der Waals surface area contributed by atoms with Crippen molar-refractivity contribution in [1.29, 1.82) is 0 Å². The number of carboxylic acid groups (broad SMARTS) is 1. The van der Waals surface area contributed by atoms with Gasteiger partial charge in [-0.1, -0.05) is 30.3 Å². The van der Waals surface area contributed by atoms with Crippen molar-refractivity contribution in [3.8, 4) is 0 Å². The molecule has 0 aromatic heterocycles. The second-order valence-corrected chi connectivity index (χ2v) is 4.73. The standard InChI is InChI=1S/C14H20N2O4/c1-10(2)16(8-11-6-4-3-5-7-11)14(20)15-12(9-17)13(18)19/h3-7,10,12,17H,8-9H2,1-2H3,(H,15,20)(H,18,19)/t12-/m0/s1. The molecule has 0 heterocycles. The number of aliphatic hydroxyl groups excluding tert-OH is 1. The topological polar surface area (TPSA) is 89.9 Å². The minimum atomic E-state index is -1.29. The molecule has 1 aromatic carbocycles. The van der Waals surface area contributed by atoms with Gasteiger partial charge in [0.2, 0.25) is 0 Å². The molecule has 0 radical (unpaired) electrons. The third-order valence-corrected chi connectivity index (χ3v) is 2.86. The Morgan fingerprint density at radius 1 is 1.25 bits per heavy atom. The molecule has 6 nitrogen and oxygen atoms in total. The molecule has 0 aliphatic heterocycles. The number of aliphatic hydroxyl groups is 1. The van der Waals surface area contributed by atoms with Crippen molar-refractivity contribution in [2.24, 2.45) is 0 Å². The molecule has 20 heavy (non-hydrogen) atoms. The van der Waals surface area contributed by atoms with Gasteiger partial charge in [-0.25, -0.2) is 9.59 Å². The highest BCUT2D eigenvalue weighted by Gasteiger charge is 2.24. The first-order chi connectivity index (χ1) is 9.45. The van der Waals surface area contributed by atoms with Crippen molar-refractivity contribution in [2.45, 2.75) is 32.5 Å². The molecule has 0 aliphatic rings. The van der Waals surface area contributed by atoms with Gasteiger partial charge in [0.1, 0.15) is 0 Å². The Balaban J connectivity index is 2.75. The van der Waals surface area contributed by atoms with Crippen LogP contribution in [0.2, 0.25) is 0 Å². The van der Waals surface area contributed by atoms with Gasteiger partial charge < -0.3 is 20.4 Å². The first-order valence-corrected chi connectivity index (χ1v) is 6.40. The van der Waals surface area contributed by atoms with Gasteiger partial charge in [-0.05, 0) is 19.4 Å². The number of carbonyl (C=O) groups is 2. The third kappa shape index (κ3) is 4.55. The quantitative estimate of drug-likeness (QED) is 0.726. The molecule has 0 fully saturated rings. The molecule has 1 aromatic rings. The van der Waals surface area contributed by atoms with E-state index >= 15 is 0 Å². The Morgan fingerprint density at radius 3 is 2.30 bits per heavy atom. The molecular weight excluding hydrogens is 260 g/mol. The van der Waals surface area contributed by atoms with Gasteiger partial charge in [0, 0.05) is 12.6 Å². The minimum Gasteiger partial charge on any atom is -0.480 e. The Bertz CT molecular complexity index is 448. The van der Waals surface area contributed by atoms with E-state index in [0.29, 0.717) is 6.54 Å². The lowest BCUT2D eigenvalue weighted by Gasteiger charge is -2.28. The van der Waals surface area contributed by atoms with Crippen molar-refractivity contribution >= 4 is 12.0 Å². The van der Waals surface area contributed by atoms with Crippen LogP contribution in [0.5, 0.6) is 0 Å². The monoisotopic (exact) mass is 280 g/mol. The third-order valence-electron chi connectivity index (χ3n) is 2.86. The zero-order valence-electron chi connectivity index (χ0n) is 11.6. The number of hydrogen-bond donors (Lipinski definition) is 3. The number of urea groups is 1.